The zero-order valence-corrected chi connectivity index (χ0v) is 11.0. The van der Waals surface area contributed by atoms with Crippen molar-refractivity contribution >= 4 is 22.7 Å². The molecule has 0 spiro atoms. The number of thioether (sulfide) groups is 1. The first-order valence-electron chi connectivity index (χ1n) is 5.84. The van der Waals surface area contributed by atoms with Gasteiger partial charge in [-0.25, -0.2) is 0 Å². The molecule has 0 amide bonds. The van der Waals surface area contributed by atoms with Crippen molar-refractivity contribution in [2.75, 3.05) is 11.5 Å². The number of aliphatic hydroxyl groups excluding tert-OH is 1. The van der Waals surface area contributed by atoms with E-state index in [0.717, 1.165) is 33.7 Å². The second-order valence-corrected chi connectivity index (χ2v) is 5.40. The average Bonchev–Trinajstić information content (AvgIpc) is 2.35. The third kappa shape index (κ3) is 2.99. The SMILES string of the molecule is CCSCC(O)c1ccc2nc(C)ccc2c1. The van der Waals surface area contributed by atoms with E-state index in [2.05, 4.69) is 18.0 Å². The first-order chi connectivity index (χ1) is 8.20. The molecule has 1 N–H and O–H groups in total. The maximum absolute atomic E-state index is 10.0. The molecule has 0 bridgehead atoms. The van der Waals surface area contributed by atoms with Crippen LogP contribution in [0.3, 0.4) is 0 Å². The quantitative estimate of drug-likeness (QED) is 0.899. The fraction of sp³-hybridized carbons (Fsp3) is 0.357. The van der Waals surface area contributed by atoms with Gasteiger partial charge < -0.3 is 5.11 Å². The number of nitrogens with zero attached hydrogens (tertiary/aromatic N) is 1. The molecule has 2 aromatic rings. The highest BCUT2D eigenvalue weighted by atomic mass is 32.2. The van der Waals surface area contributed by atoms with Crippen LogP contribution in [0.25, 0.3) is 10.9 Å². The van der Waals surface area contributed by atoms with Crippen LogP contribution < -0.4 is 0 Å². The number of aromatic nitrogens is 1. The third-order valence-electron chi connectivity index (χ3n) is 2.72. The van der Waals surface area contributed by atoms with Gasteiger partial charge in [-0.15, -0.1) is 0 Å². The van der Waals surface area contributed by atoms with Crippen LogP contribution in [0.5, 0.6) is 0 Å². The summed E-state index contributed by atoms with van der Waals surface area (Å²) in [6.07, 6.45) is -0.384. The first kappa shape index (κ1) is 12.4. The van der Waals surface area contributed by atoms with Gasteiger partial charge in [0, 0.05) is 16.8 Å². The molecule has 2 nitrogen and oxygen atoms in total. The van der Waals surface area contributed by atoms with Gasteiger partial charge in [0.15, 0.2) is 0 Å². The van der Waals surface area contributed by atoms with Crippen LogP contribution in [-0.4, -0.2) is 21.6 Å². The maximum atomic E-state index is 10.0. The molecule has 1 atom stereocenters. The van der Waals surface area contributed by atoms with E-state index in [4.69, 9.17) is 0 Å². The van der Waals surface area contributed by atoms with Gasteiger partial charge in [-0.3, -0.25) is 4.98 Å². The maximum Gasteiger partial charge on any atom is 0.0880 e. The smallest absolute Gasteiger partial charge is 0.0880 e. The van der Waals surface area contributed by atoms with Crippen LogP contribution >= 0.6 is 11.8 Å². The Labute approximate surface area is 106 Å². The molecule has 2 rings (SSSR count). The molecule has 1 aromatic heterocycles. The minimum atomic E-state index is -0.384. The summed E-state index contributed by atoms with van der Waals surface area (Å²) in [7, 11) is 0. The summed E-state index contributed by atoms with van der Waals surface area (Å²) in [6.45, 7) is 4.09. The lowest BCUT2D eigenvalue weighted by atomic mass is 10.1. The molecule has 0 fully saturated rings. The van der Waals surface area contributed by atoms with E-state index in [1.807, 2.05) is 31.2 Å². The number of fused-ring (bicyclic) bond motifs is 1. The lowest BCUT2D eigenvalue weighted by Gasteiger charge is -2.11. The minimum absolute atomic E-state index is 0.384. The Bertz CT molecular complexity index is 513. The van der Waals surface area contributed by atoms with Crippen LogP contribution in [0.15, 0.2) is 30.3 Å². The minimum Gasteiger partial charge on any atom is -0.388 e. The number of hydrogen-bond acceptors (Lipinski definition) is 3. The molecule has 90 valence electrons. The van der Waals surface area contributed by atoms with Gasteiger partial charge in [0.2, 0.25) is 0 Å². The Balaban J connectivity index is 2.28. The molecule has 1 unspecified atom stereocenters. The molecule has 0 aliphatic rings. The molecule has 0 aliphatic carbocycles. The summed E-state index contributed by atoms with van der Waals surface area (Å²) in [5, 5.41) is 11.1. The Hall–Kier alpha value is -1.06. The molecule has 0 saturated carbocycles. The number of aryl methyl sites for hydroxylation is 1. The predicted octanol–water partition coefficient (Wildman–Crippen LogP) is 3.33. The summed E-state index contributed by atoms with van der Waals surface area (Å²) < 4.78 is 0. The summed E-state index contributed by atoms with van der Waals surface area (Å²) in [5.41, 5.74) is 2.99. The summed E-state index contributed by atoms with van der Waals surface area (Å²) in [4.78, 5) is 4.45. The number of rotatable bonds is 4. The van der Waals surface area contributed by atoms with Gasteiger partial charge in [0.25, 0.3) is 0 Å². The molecular formula is C14H17NOS. The number of benzene rings is 1. The first-order valence-corrected chi connectivity index (χ1v) is 6.99. The predicted molar refractivity (Wildman–Crippen MR) is 74.4 cm³/mol. The van der Waals surface area contributed by atoms with Crippen molar-refractivity contribution in [2.45, 2.75) is 20.0 Å². The van der Waals surface area contributed by atoms with Crippen LogP contribution in [0.4, 0.5) is 0 Å². The highest BCUT2D eigenvalue weighted by molar-refractivity contribution is 7.99. The number of hydrogen-bond donors (Lipinski definition) is 1. The highest BCUT2D eigenvalue weighted by Gasteiger charge is 2.08. The van der Waals surface area contributed by atoms with E-state index in [9.17, 15) is 5.11 Å². The van der Waals surface area contributed by atoms with Crippen molar-refractivity contribution in [2.24, 2.45) is 0 Å². The molecular weight excluding hydrogens is 230 g/mol. The van der Waals surface area contributed by atoms with Gasteiger partial charge in [-0.1, -0.05) is 19.1 Å². The molecule has 0 radical (unpaired) electrons. The lowest BCUT2D eigenvalue weighted by Crippen LogP contribution is -2.00. The van der Waals surface area contributed by atoms with E-state index < -0.39 is 0 Å². The van der Waals surface area contributed by atoms with Crippen LogP contribution in [0.1, 0.15) is 24.3 Å². The third-order valence-corrected chi connectivity index (χ3v) is 3.68. The topological polar surface area (TPSA) is 33.1 Å². The standard InChI is InChI=1S/C14H17NOS/c1-3-17-9-14(16)12-6-7-13-11(8-12)5-4-10(2)15-13/h4-8,14,16H,3,9H2,1-2H3. The highest BCUT2D eigenvalue weighted by Crippen LogP contribution is 2.22. The second kappa shape index (κ2) is 5.52. The number of pyridine rings is 1. The zero-order chi connectivity index (χ0) is 12.3. The van der Waals surface area contributed by atoms with E-state index in [1.54, 1.807) is 11.8 Å². The van der Waals surface area contributed by atoms with Crippen molar-refractivity contribution in [3.8, 4) is 0 Å². The van der Waals surface area contributed by atoms with Gasteiger partial charge >= 0.3 is 0 Å². The lowest BCUT2D eigenvalue weighted by molar-refractivity contribution is 0.204. The van der Waals surface area contributed by atoms with Gasteiger partial charge in [0.05, 0.1) is 11.6 Å². The Kier molecular flexibility index (Phi) is 4.02. The van der Waals surface area contributed by atoms with Crippen molar-refractivity contribution in [3.63, 3.8) is 0 Å². The normalized spacial score (nSPS) is 12.9. The Morgan fingerprint density at radius 3 is 2.88 bits per heavy atom. The fourth-order valence-corrected chi connectivity index (χ4v) is 2.43. The summed E-state index contributed by atoms with van der Waals surface area (Å²) >= 11 is 1.75. The summed E-state index contributed by atoms with van der Waals surface area (Å²) in [5.74, 6) is 1.78. The van der Waals surface area contributed by atoms with Crippen molar-refractivity contribution < 1.29 is 5.11 Å². The zero-order valence-electron chi connectivity index (χ0n) is 10.2. The van der Waals surface area contributed by atoms with Crippen molar-refractivity contribution in [1.82, 2.24) is 4.98 Å². The monoisotopic (exact) mass is 247 g/mol. The van der Waals surface area contributed by atoms with Gasteiger partial charge in [-0.05, 0) is 36.4 Å². The molecule has 0 saturated heterocycles. The largest absolute Gasteiger partial charge is 0.388 e. The van der Waals surface area contributed by atoms with Crippen LogP contribution in [0.2, 0.25) is 0 Å². The number of aliphatic hydroxyl groups is 1. The van der Waals surface area contributed by atoms with E-state index in [-0.39, 0.29) is 6.10 Å². The molecule has 17 heavy (non-hydrogen) atoms. The fourth-order valence-electron chi connectivity index (χ4n) is 1.78. The Morgan fingerprint density at radius 2 is 2.12 bits per heavy atom. The molecule has 1 aromatic carbocycles. The van der Waals surface area contributed by atoms with Crippen LogP contribution in [0, 0.1) is 6.92 Å². The van der Waals surface area contributed by atoms with E-state index in [0.29, 0.717) is 0 Å². The van der Waals surface area contributed by atoms with Crippen molar-refractivity contribution in [1.29, 1.82) is 0 Å². The average molecular weight is 247 g/mol. The second-order valence-electron chi connectivity index (χ2n) is 4.08. The molecule has 3 heteroatoms. The Morgan fingerprint density at radius 1 is 1.29 bits per heavy atom. The summed E-state index contributed by atoms with van der Waals surface area (Å²) in [6, 6.07) is 10.0. The molecule has 1 heterocycles. The van der Waals surface area contributed by atoms with Gasteiger partial charge in [-0.2, -0.15) is 11.8 Å². The van der Waals surface area contributed by atoms with Crippen molar-refractivity contribution in [3.05, 3.63) is 41.6 Å². The van der Waals surface area contributed by atoms with Crippen LogP contribution in [-0.2, 0) is 0 Å². The van der Waals surface area contributed by atoms with Gasteiger partial charge in [0.1, 0.15) is 0 Å². The van der Waals surface area contributed by atoms with E-state index >= 15 is 0 Å². The van der Waals surface area contributed by atoms with E-state index in [1.165, 1.54) is 0 Å². The molecule has 0 aliphatic heterocycles.